The molecule has 1 amide bonds. The Kier molecular flexibility index (Phi) is 9.72. The van der Waals surface area contributed by atoms with Gasteiger partial charge >= 0.3 is 6.09 Å². The van der Waals surface area contributed by atoms with Crippen LogP contribution < -0.4 is 5.32 Å². The second-order valence-corrected chi connectivity index (χ2v) is 6.33. The largest absolute Gasteiger partial charge is 0.444 e. The van der Waals surface area contributed by atoms with Crippen LogP contribution in [0.1, 0.15) is 86.0 Å². The fraction of sp³-hybridized carbons (Fsp3) is 0.938. The fourth-order valence-electron chi connectivity index (χ4n) is 2.04. The van der Waals surface area contributed by atoms with Gasteiger partial charge in [-0.15, -0.1) is 0 Å². The molecule has 0 aliphatic heterocycles. The second-order valence-electron chi connectivity index (χ2n) is 6.33. The van der Waals surface area contributed by atoms with Crippen LogP contribution >= 0.6 is 0 Å². The van der Waals surface area contributed by atoms with Gasteiger partial charge in [0.15, 0.2) is 0 Å². The standard InChI is InChI=1S/C16H33NO2/c1-6-8-10-12-14(13-11-9-7-2)17-15(18)19-16(3,4)5/h14H,6-13H2,1-5H3,(H,17,18). The first-order chi connectivity index (χ1) is 8.89. The van der Waals surface area contributed by atoms with Crippen molar-refractivity contribution in [3.05, 3.63) is 0 Å². The van der Waals surface area contributed by atoms with Gasteiger partial charge in [0.2, 0.25) is 0 Å². The Morgan fingerprint density at radius 1 is 1.00 bits per heavy atom. The van der Waals surface area contributed by atoms with Gasteiger partial charge in [-0.05, 0) is 33.6 Å². The molecule has 0 aliphatic carbocycles. The van der Waals surface area contributed by atoms with Gasteiger partial charge in [0, 0.05) is 6.04 Å². The molecule has 0 saturated carbocycles. The molecule has 0 aliphatic rings. The number of carbonyl (C=O) groups excluding carboxylic acids is 1. The molecular formula is C16H33NO2. The monoisotopic (exact) mass is 271 g/mol. The number of hydrogen-bond acceptors (Lipinski definition) is 2. The van der Waals surface area contributed by atoms with Crippen LogP contribution in [-0.4, -0.2) is 17.7 Å². The average molecular weight is 271 g/mol. The molecule has 0 spiro atoms. The van der Waals surface area contributed by atoms with Gasteiger partial charge in [0.25, 0.3) is 0 Å². The van der Waals surface area contributed by atoms with E-state index in [2.05, 4.69) is 19.2 Å². The van der Waals surface area contributed by atoms with E-state index in [1.165, 1.54) is 38.5 Å². The summed E-state index contributed by atoms with van der Waals surface area (Å²) in [5.41, 5.74) is -0.415. The van der Waals surface area contributed by atoms with Crippen LogP contribution in [0.3, 0.4) is 0 Å². The van der Waals surface area contributed by atoms with Gasteiger partial charge in [-0.2, -0.15) is 0 Å². The molecule has 0 bridgehead atoms. The SMILES string of the molecule is CCCCCC(CCCCC)NC(=O)OC(C)(C)C. The third kappa shape index (κ3) is 12.1. The van der Waals surface area contributed by atoms with Crippen LogP contribution in [0, 0.1) is 0 Å². The Balaban J connectivity index is 4.11. The highest BCUT2D eigenvalue weighted by Gasteiger charge is 2.19. The molecule has 0 radical (unpaired) electrons. The lowest BCUT2D eigenvalue weighted by Gasteiger charge is -2.23. The minimum absolute atomic E-state index is 0.271. The van der Waals surface area contributed by atoms with Crippen molar-refractivity contribution in [2.24, 2.45) is 0 Å². The molecule has 114 valence electrons. The van der Waals surface area contributed by atoms with Gasteiger partial charge in [-0.3, -0.25) is 0 Å². The van der Waals surface area contributed by atoms with Crippen molar-refractivity contribution in [1.82, 2.24) is 5.32 Å². The molecular weight excluding hydrogens is 238 g/mol. The highest BCUT2D eigenvalue weighted by Crippen LogP contribution is 2.13. The van der Waals surface area contributed by atoms with Crippen molar-refractivity contribution >= 4 is 6.09 Å². The lowest BCUT2D eigenvalue weighted by molar-refractivity contribution is 0.0498. The normalized spacial score (nSPS) is 11.7. The molecule has 0 heterocycles. The molecule has 0 saturated heterocycles. The number of amides is 1. The van der Waals surface area contributed by atoms with E-state index in [0.717, 1.165) is 12.8 Å². The summed E-state index contributed by atoms with van der Waals surface area (Å²) in [5.74, 6) is 0. The lowest BCUT2D eigenvalue weighted by Crippen LogP contribution is -2.39. The van der Waals surface area contributed by atoms with Crippen LogP contribution in [0.15, 0.2) is 0 Å². The van der Waals surface area contributed by atoms with Crippen LogP contribution in [0.4, 0.5) is 4.79 Å². The zero-order chi connectivity index (χ0) is 14.7. The summed E-state index contributed by atoms with van der Waals surface area (Å²) in [6.45, 7) is 10.1. The lowest BCUT2D eigenvalue weighted by atomic mass is 10.0. The Morgan fingerprint density at radius 2 is 1.47 bits per heavy atom. The van der Waals surface area contributed by atoms with E-state index in [1.54, 1.807) is 0 Å². The molecule has 1 N–H and O–H groups in total. The fourth-order valence-corrected chi connectivity index (χ4v) is 2.04. The summed E-state index contributed by atoms with van der Waals surface area (Å²) >= 11 is 0. The first-order valence-electron chi connectivity index (χ1n) is 7.88. The highest BCUT2D eigenvalue weighted by atomic mass is 16.6. The van der Waals surface area contributed by atoms with Crippen molar-refractivity contribution in [3.63, 3.8) is 0 Å². The number of rotatable bonds is 9. The Labute approximate surface area is 119 Å². The first-order valence-corrected chi connectivity index (χ1v) is 7.88. The molecule has 0 aromatic rings. The number of unbranched alkanes of at least 4 members (excludes halogenated alkanes) is 4. The quantitative estimate of drug-likeness (QED) is 0.597. The van der Waals surface area contributed by atoms with Crippen LogP contribution in [0.2, 0.25) is 0 Å². The third-order valence-corrected chi connectivity index (χ3v) is 3.03. The molecule has 0 atom stereocenters. The van der Waals surface area contributed by atoms with E-state index in [9.17, 15) is 4.79 Å². The van der Waals surface area contributed by atoms with E-state index >= 15 is 0 Å². The number of ether oxygens (including phenoxy) is 1. The molecule has 0 rings (SSSR count). The van der Waals surface area contributed by atoms with E-state index in [1.807, 2.05) is 20.8 Å². The van der Waals surface area contributed by atoms with E-state index in [0.29, 0.717) is 0 Å². The third-order valence-electron chi connectivity index (χ3n) is 3.03. The molecule has 0 fully saturated rings. The summed E-state index contributed by atoms with van der Waals surface area (Å²) in [6, 6.07) is 0.271. The molecule has 3 heteroatoms. The molecule has 0 aromatic carbocycles. The maximum absolute atomic E-state index is 11.8. The van der Waals surface area contributed by atoms with Crippen molar-refractivity contribution < 1.29 is 9.53 Å². The zero-order valence-electron chi connectivity index (χ0n) is 13.6. The smallest absolute Gasteiger partial charge is 0.407 e. The van der Waals surface area contributed by atoms with Crippen molar-refractivity contribution in [1.29, 1.82) is 0 Å². The van der Waals surface area contributed by atoms with Crippen molar-refractivity contribution in [2.75, 3.05) is 0 Å². The maximum atomic E-state index is 11.8. The minimum Gasteiger partial charge on any atom is -0.444 e. The second kappa shape index (κ2) is 10.1. The topological polar surface area (TPSA) is 38.3 Å². The molecule has 3 nitrogen and oxygen atoms in total. The first kappa shape index (κ1) is 18.3. The predicted octanol–water partition coefficient (Wildman–Crippen LogP) is 5.04. The van der Waals surface area contributed by atoms with Crippen molar-refractivity contribution in [3.8, 4) is 0 Å². The summed E-state index contributed by atoms with van der Waals surface area (Å²) in [5, 5.41) is 3.03. The summed E-state index contributed by atoms with van der Waals surface area (Å²) in [6.07, 6.45) is 9.13. The Hall–Kier alpha value is -0.730. The Morgan fingerprint density at radius 3 is 1.84 bits per heavy atom. The van der Waals surface area contributed by atoms with Crippen LogP contribution in [-0.2, 0) is 4.74 Å². The Bertz CT molecular complexity index is 223. The summed E-state index contributed by atoms with van der Waals surface area (Å²) in [7, 11) is 0. The van der Waals surface area contributed by atoms with Gasteiger partial charge < -0.3 is 10.1 Å². The zero-order valence-corrected chi connectivity index (χ0v) is 13.6. The van der Waals surface area contributed by atoms with E-state index in [4.69, 9.17) is 4.74 Å². The van der Waals surface area contributed by atoms with Gasteiger partial charge in [0.1, 0.15) is 5.60 Å². The van der Waals surface area contributed by atoms with Gasteiger partial charge in [0.05, 0.1) is 0 Å². The van der Waals surface area contributed by atoms with Crippen LogP contribution in [0.25, 0.3) is 0 Å². The minimum atomic E-state index is -0.415. The van der Waals surface area contributed by atoms with E-state index < -0.39 is 5.60 Å². The number of alkyl carbamates (subject to hydrolysis) is 1. The predicted molar refractivity (Wildman–Crippen MR) is 81.4 cm³/mol. The average Bonchev–Trinajstić information content (AvgIpc) is 2.26. The van der Waals surface area contributed by atoms with Crippen LogP contribution in [0.5, 0.6) is 0 Å². The number of carbonyl (C=O) groups is 1. The van der Waals surface area contributed by atoms with E-state index in [-0.39, 0.29) is 12.1 Å². The number of nitrogens with one attached hydrogen (secondary N) is 1. The summed E-state index contributed by atoms with van der Waals surface area (Å²) < 4.78 is 5.33. The summed E-state index contributed by atoms with van der Waals surface area (Å²) in [4.78, 5) is 11.8. The molecule has 19 heavy (non-hydrogen) atoms. The van der Waals surface area contributed by atoms with Gasteiger partial charge in [-0.25, -0.2) is 4.79 Å². The molecule has 0 unspecified atom stereocenters. The maximum Gasteiger partial charge on any atom is 0.407 e. The number of hydrogen-bond donors (Lipinski definition) is 1. The highest BCUT2D eigenvalue weighted by molar-refractivity contribution is 5.68. The molecule has 0 aromatic heterocycles. The van der Waals surface area contributed by atoms with Gasteiger partial charge in [-0.1, -0.05) is 52.4 Å². The van der Waals surface area contributed by atoms with Crippen molar-refractivity contribution in [2.45, 2.75) is 97.6 Å².